The van der Waals surface area contributed by atoms with Gasteiger partial charge >= 0.3 is 12.1 Å². The molecule has 0 N–H and O–H groups in total. The van der Waals surface area contributed by atoms with Crippen molar-refractivity contribution in [2.24, 2.45) is 0 Å². The molecule has 34 heavy (non-hydrogen) atoms. The van der Waals surface area contributed by atoms with Crippen molar-refractivity contribution in [3.63, 3.8) is 0 Å². The Balaban J connectivity index is 1.64. The van der Waals surface area contributed by atoms with Crippen LogP contribution in [0, 0.1) is 5.82 Å². The lowest BCUT2D eigenvalue weighted by Gasteiger charge is -2.38. The molecular formula is C24H28ClFN2O6. The lowest BCUT2D eigenvalue weighted by Crippen LogP contribution is -2.53. The van der Waals surface area contributed by atoms with Crippen molar-refractivity contribution in [1.29, 1.82) is 0 Å². The number of hydrogen-bond acceptors (Lipinski definition) is 7. The number of aromatic nitrogens is 1. The first kappa shape index (κ1) is 25.6. The van der Waals surface area contributed by atoms with Gasteiger partial charge in [-0.05, 0) is 45.0 Å². The number of ether oxygens (including phenoxy) is 4. The van der Waals surface area contributed by atoms with Crippen molar-refractivity contribution in [3.05, 3.63) is 53.1 Å². The summed E-state index contributed by atoms with van der Waals surface area (Å²) in [6.45, 7) is 5.59. The fourth-order valence-corrected chi connectivity index (χ4v) is 3.64. The first-order chi connectivity index (χ1) is 16.1. The molecule has 2 aromatic rings. The Hall–Kier alpha value is -3.07. The number of rotatable bonds is 6. The van der Waals surface area contributed by atoms with Crippen LogP contribution in [0.1, 0.15) is 39.3 Å². The van der Waals surface area contributed by atoms with Crippen LogP contribution in [-0.2, 0) is 20.9 Å². The van der Waals surface area contributed by atoms with Crippen molar-refractivity contribution < 1.29 is 32.9 Å². The van der Waals surface area contributed by atoms with E-state index in [1.807, 2.05) is 0 Å². The molecule has 0 bridgehead atoms. The van der Waals surface area contributed by atoms with Crippen LogP contribution in [0.3, 0.4) is 0 Å². The highest BCUT2D eigenvalue weighted by Crippen LogP contribution is 2.26. The Morgan fingerprint density at radius 2 is 2.00 bits per heavy atom. The second kappa shape index (κ2) is 10.9. The molecule has 3 rings (SSSR count). The summed E-state index contributed by atoms with van der Waals surface area (Å²) in [7, 11) is 1.28. The normalized spacial score (nSPS) is 18.2. The second-order valence-electron chi connectivity index (χ2n) is 8.82. The maximum atomic E-state index is 13.9. The molecule has 0 aliphatic carbocycles. The first-order valence-corrected chi connectivity index (χ1v) is 11.2. The molecule has 1 amide bonds. The molecule has 8 nitrogen and oxygen atoms in total. The summed E-state index contributed by atoms with van der Waals surface area (Å²) in [5.74, 6) is -0.518. The second-order valence-corrected chi connectivity index (χ2v) is 9.26. The van der Waals surface area contributed by atoms with Crippen molar-refractivity contribution in [2.45, 2.75) is 58.0 Å². The van der Waals surface area contributed by atoms with Gasteiger partial charge in [-0.2, -0.15) is 0 Å². The van der Waals surface area contributed by atoms with Gasteiger partial charge in [-0.3, -0.25) is 9.88 Å². The van der Waals surface area contributed by atoms with Gasteiger partial charge in [0.15, 0.2) is 11.6 Å². The summed E-state index contributed by atoms with van der Waals surface area (Å²) in [5.41, 5.74) is -0.155. The van der Waals surface area contributed by atoms with Crippen LogP contribution in [0.5, 0.6) is 11.5 Å². The van der Waals surface area contributed by atoms with Crippen molar-refractivity contribution in [2.75, 3.05) is 13.7 Å². The van der Waals surface area contributed by atoms with E-state index in [1.165, 1.54) is 30.2 Å². The number of hydrogen-bond donors (Lipinski definition) is 0. The van der Waals surface area contributed by atoms with Crippen LogP contribution in [0.15, 0.2) is 36.5 Å². The fraction of sp³-hybridized carbons (Fsp3) is 0.458. The van der Waals surface area contributed by atoms with Gasteiger partial charge in [0.05, 0.1) is 12.8 Å². The zero-order valence-corrected chi connectivity index (χ0v) is 20.3. The number of carbonyl (C=O) groups excluding carboxylic acids is 2. The topological polar surface area (TPSA) is 87.2 Å². The van der Waals surface area contributed by atoms with Crippen LogP contribution in [-0.4, -0.2) is 53.3 Å². The van der Waals surface area contributed by atoms with Crippen LogP contribution in [0.25, 0.3) is 0 Å². The minimum Gasteiger partial charge on any atom is -0.490 e. The third-order valence-corrected chi connectivity index (χ3v) is 5.25. The molecule has 0 radical (unpaired) electrons. The Morgan fingerprint density at radius 1 is 1.24 bits per heavy atom. The largest absolute Gasteiger partial charge is 0.490 e. The van der Waals surface area contributed by atoms with Crippen LogP contribution < -0.4 is 9.47 Å². The van der Waals surface area contributed by atoms with Gasteiger partial charge in [-0.15, -0.1) is 0 Å². The van der Waals surface area contributed by atoms with Gasteiger partial charge in [-0.25, -0.2) is 14.0 Å². The number of halogens is 2. The standard InChI is InChI=1S/C24H28ClFN2O6/c1-24(2,3)34-23(30)28-10-8-18(13-20(28)22(29)31-4)33-17-7-9-27-16(12-17)14-32-21-6-5-15(25)11-19(21)26/h5-7,9,11-12,18,20H,8,10,13-14H2,1-4H3/t18-,20+/m0/s1. The predicted molar refractivity (Wildman–Crippen MR) is 122 cm³/mol. The summed E-state index contributed by atoms with van der Waals surface area (Å²) < 4.78 is 35.8. The number of nitrogens with zero attached hydrogens (tertiary/aromatic N) is 2. The van der Waals surface area contributed by atoms with Gasteiger partial charge in [0.25, 0.3) is 0 Å². The third kappa shape index (κ3) is 6.96. The van der Waals surface area contributed by atoms with Gasteiger partial charge in [0.1, 0.15) is 30.1 Å². The highest BCUT2D eigenvalue weighted by atomic mass is 35.5. The smallest absolute Gasteiger partial charge is 0.411 e. The minimum absolute atomic E-state index is 0.0254. The molecule has 1 aliphatic heterocycles. The summed E-state index contributed by atoms with van der Waals surface area (Å²) >= 11 is 5.76. The third-order valence-electron chi connectivity index (χ3n) is 5.02. The maximum Gasteiger partial charge on any atom is 0.411 e. The summed E-state index contributed by atoms with van der Waals surface area (Å²) in [5, 5.41) is 0.279. The molecule has 1 aromatic heterocycles. The molecule has 184 valence electrons. The van der Waals surface area contributed by atoms with E-state index >= 15 is 0 Å². The zero-order chi connectivity index (χ0) is 24.9. The number of methoxy groups -OCH3 is 1. The molecular weight excluding hydrogens is 467 g/mol. The Kier molecular flexibility index (Phi) is 8.19. The van der Waals surface area contributed by atoms with Gasteiger partial charge < -0.3 is 18.9 Å². The average Bonchev–Trinajstić information content (AvgIpc) is 2.77. The summed E-state index contributed by atoms with van der Waals surface area (Å²) in [6.07, 6.45) is 1.39. The van der Waals surface area contributed by atoms with Crippen LogP contribution in [0.4, 0.5) is 9.18 Å². The van der Waals surface area contributed by atoms with E-state index < -0.39 is 29.5 Å². The number of benzene rings is 1. The van der Waals surface area contributed by atoms with Gasteiger partial charge in [0, 0.05) is 36.7 Å². The highest BCUT2D eigenvalue weighted by molar-refractivity contribution is 6.30. The van der Waals surface area contributed by atoms with E-state index in [4.69, 9.17) is 30.5 Å². The molecule has 0 saturated carbocycles. The van der Waals surface area contributed by atoms with Crippen molar-refractivity contribution in [1.82, 2.24) is 9.88 Å². The molecule has 0 unspecified atom stereocenters. The molecule has 1 aromatic carbocycles. The van der Waals surface area contributed by atoms with E-state index in [9.17, 15) is 14.0 Å². The first-order valence-electron chi connectivity index (χ1n) is 10.8. The molecule has 0 spiro atoms. The van der Waals surface area contributed by atoms with E-state index in [2.05, 4.69) is 4.98 Å². The lowest BCUT2D eigenvalue weighted by atomic mass is 9.99. The number of piperidine rings is 1. The molecule has 1 aliphatic rings. The van der Waals surface area contributed by atoms with E-state index in [0.717, 1.165) is 0 Å². The van der Waals surface area contributed by atoms with Crippen LogP contribution >= 0.6 is 11.6 Å². The van der Waals surface area contributed by atoms with E-state index in [0.29, 0.717) is 17.9 Å². The fourth-order valence-electron chi connectivity index (χ4n) is 3.48. The minimum atomic E-state index is -0.823. The number of carbonyl (C=O) groups is 2. The zero-order valence-electron chi connectivity index (χ0n) is 19.5. The van der Waals surface area contributed by atoms with Gasteiger partial charge in [-0.1, -0.05) is 11.6 Å². The molecule has 10 heteroatoms. The SMILES string of the molecule is COC(=O)[C@H]1C[C@@H](Oc2ccnc(COc3ccc(Cl)cc3F)c2)CCN1C(=O)OC(C)(C)C. The number of likely N-dealkylation sites (tertiary alicyclic amines) is 1. The van der Waals surface area contributed by atoms with Crippen molar-refractivity contribution >= 4 is 23.7 Å². The Morgan fingerprint density at radius 3 is 2.68 bits per heavy atom. The molecule has 1 fully saturated rings. The molecule has 2 atom stereocenters. The average molecular weight is 495 g/mol. The summed E-state index contributed by atoms with van der Waals surface area (Å²) in [6, 6.07) is 6.69. The number of esters is 1. The quantitative estimate of drug-likeness (QED) is 0.534. The summed E-state index contributed by atoms with van der Waals surface area (Å²) in [4.78, 5) is 30.6. The van der Waals surface area contributed by atoms with E-state index in [1.54, 1.807) is 39.1 Å². The maximum absolute atomic E-state index is 13.9. The van der Waals surface area contributed by atoms with E-state index in [-0.39, 0.29) is 36.4 Å². The molecule has 1 saturated heterocycles. The highest BCUT2D eigenvalue weighted by Gasteiger charge is 2.39. The number of pyridine rings is 1. The van der Waals surface area contributed by atoms with Gasteiger partial charge in [0.2, 0.25) is 0 Å². The number of amides is 1. The van der Waals surface area contributed by atoms with Crippen molar-refractivity contribution in [3.8, 4) is 11.5 Å². The monoisotopic (exact) mass is 494 g/mol. The van der Waals surface area contributed by atoms with Crippen LogP contribution in [0.2, 0.25) is 5.02 Å². The Labute approximate surface area is 202 Å². The lowest BCUT2D eigenvalue weighted by molar-refractivity contribution is -0.149. The predicted octanol–water partition coefficient (Wildman–Crippen LogP) is 4.77. The molecule has 2 heterocycles. The Bertz CT molecular complexity index is 1030.